The lowest BCUT2D eigenvalue weighted by atomic mass is 10.1. The Morgan fingerprint density at radius 2 is 2.04 bits per heavy atom. The van der Waals surface area contributed by atoms with E-state index in [0.29, 0.717) is 19.1 Å². The van der Waals surface area contributed by atoms with Crippen molar-refractivity contribution in [2.45, 2.75) is 25.2 Å². The van der Waals surface area contributed by atoms with Crippen molar-refractivity contribution in [3.63, 3.8) is 0 Å². The number of nitrogens with one attached hydrogen (secondary N) is 1. The molecule has 3 rings (SSSR count). The van der Waals surface area contributed by atoms with Crippen molar-refractivity contribution in [2.75, 3.05) is 32.2 Å². The summed E-state index contributed by atoms with van der Waals surface area (Å²) in [5.74, 6) is 1.62. The fraction of sp³-hybridized carbons (Fsp3) is 0.429. The van der Waals surface area contributed by atoms with Gasteiger partial charge in [-0.2, -0.15) is 0 Å². The summed E-state index contributed by atoms with van der Waals surface area (Å²) in [7, 11) is 1.68. The number of hydrogen-bond acceptors (Lipinski definition) is 5. The third-order valence-electron chi connectivity index (χ3n) is 4.71. The number of aliphatic carboxylic acids is 1. The molecule has 1 heterocycles. The third-order valence-corrected chi connectivity index (χ3v) is 4.71. The van der Waals surface area contributed by atoms with E-state index in [1.807, 2.05) is 42.5 Å². The number of pyridine rings is 1. The first-order chi connectivity index (χ1) is 13.2. The van der Waals surface area contributed by atoms with Gasteiger partial charge in [0.2, 0.25) is 0 Å². The minimum absolute atomic E-state index is 0.259. The number of ether oxygens (including phenoxy) is 2. The minimum atomic E-state index is -0.714. The van der Waals surface area contributed by atoms with Crippen LogP contribution >= 0.6 is 0 Å². The third kappa shape index (κ3) is 5.96. The van der Waals surface area contributed by atoms with E-state index in [9.17, 15) is 4.79 Å². The Balaban J connectivity index is 1.43. The molecular formula is C21H26N2O4. The number of carboxylic acids is 1. The second-order valence-corrected chi connectivity index (χ2v) is 6.80. The van der Waals surface area contributed by atoms with Gasteiger partial charge in [0, 0.05) is 32.2 Å². The summed E-state index contributed by atoms with van der Waals surface area (Å²) in [4.78, 5) is 15.3. The standard InChI is InChI=1S/C21H26N2O4/c1-26-12-10-22-20-4-2-3-17(23-20)9-11-27-18-7-5-15(6-8-18)19-13-16(19)14-21(24)25/h2-8,16,19H,9-14H2,1H3,(H,22,23)(H,24,25). The lowest BCUT2D eigenvalue weighted by Gasteiger charge is -2.09. The van der Waals surface area contributed by atoms with Crippen LogP contribution < -0.4 is 10.1 Å². The molecule has 2 aromatic rings. The molecule has 6 heteroatoms. The minimum Gasteiger partial charge on any atom is -0.493 e. The molecule has 1 aliphatic carbocycles. The summed E-state index contributed by atoms with van der Waals surface area (Å²) < 4.78 is 10.8. The van der Waals surface area contributed by atoms with E-state index in [2.05, 4.69) is 10.3 Å². The smallest absolute Gasteiger partial charge is 0.303 e. The van der Waals surface area contributed by atoms with Gasteiger partial charge in [0.15, 0.2) is 0 Å². The van der Waals surface area contributed by atoms with Crippen LogP contribution in [0.2, 0.25) is 0 Å². The van der Waals surface area contributed by atoms with Gasteiger partial charge in [-0.25, -0.2) is 4.98 Å². The second-order valence-electron chi connectivity index (χ2n) is 6.80. The quantitative estimate of drug-likeness (QED) is 0.591. The second kappa shape index (κ2) is 9.37. The number of hydrogen-bond donors (Lipinski definition) is 2. The topological polar surface area (TPSA) is 80.7 Å². The average molecular weight is 370 g/mol. The van der Waals surface area contributed by atoms with Crippen molar-refractivity contribution in [3.05, 3.63) is 53.7 Å². The van der Waals surface area contributed by atoms with Gasteiger partial charge in [0.25, 0.3) is 0 Å². The number of nitrogens with zero attached hydrogens (tertiary/aromatic N) is 1. The van der Waals surface area contributed by atoms with Gasteiger partial charge >= 0.3 is 5.97 Å². The van der Waals surface area contributed by atoms with Gasteiger partial charge in [-0.05, 0) is 48.1 Å². The van der Waals surface area contributed by atoms with Crippen LogP contribution in [0.4, 0.5) is 5.82 Å². The largest absolute Gasteiger partial charge is 0.493 e. The SMILES string of the molecule is COCCNc1cccc(CCOc2ccc(C3CC3CC(=O)O)cc2)n1. The molecule has 1 aromatic carbocycles. The van der Waals surface area contributed by atoms with Crippen molar-refractivity contribution >= 4 is 11.8 Å². The molecule has 0 bridgehead atoms. The number of methoxy groups -OCH3 is 1. The van der Waals surface area contributed by atoms with Gasteiger partial charge < -0.3 is 19.9 Å². The summed E-state index contributed by atoms with van der Waals surface area (Å²) >= 11 is 0. The molecule has 6 nitrogen and oxygen atoms in total. The number of carbonyl (C=O) groups is 1. The highest BCUT2D eigenvalue weighted by atomic mass is 16.5. The molecule has 144 valence electrons. The Morgan fingerprint density at radius 3 is 2.78 bits per heavy atom. The summed E-state index contributed by atoms with van der Waals surface area (Å²) in [6.07, 6.45) is 1.95. The molecule has 2 N–H and O–H groups in total. The van der Waals surface area contributed by atoms with Gasteiger partial charge in [-0.3, -0.25) is 4.79 Å². The number of aromatic nitrogens is 1. The summed E-state index contributed by atoms with van der Waals surface area (Å²) in [6.45, 7) is 1.92. The Hall–Kier alpha value is -2.60. The van der Waals surface area contributed by atoms with Crippen LogP contribution in [0, 0.1) is 5.92 Å². The predicted molar refractivity (Wildman–Crippen MR) is 103 cm³/mol. The number of rotatable bonds is 11. The van der Waals surface area contributed by atoms with Crippen molar-refractivity contribution < 1.29 is 19.4 Å². The van der Waals surface area contributed by atoms with Gasteiger partial charge in [0.05, 0.1) is 13.2 Å². The van der Waals surface area contributed by atoms with E-state index in [4.69, 9.17) is 14.6 Å². The summed E-state index contributed by atoms with van der Waals surface area (Å²) in [6, 6.07) is 13.9. The number of benzene rings is 1. The van der Waals surface area contributed by atoms with Crippen molar-refractivity contribution in [1.29, 1.82) is 0 Å². The van der Waals surface area contributed by atoms with Crippen LogP contribution in [0.1, 0.15) is 30.0 Å². The fourth-order valence-electron chi connectivity index (χ4n) is 3.19. The lowest BCUT2D eigenvalue weighted by molar-refractivity contribution is -0.137. The van der Waals surface area contributed by atoms with E-state index in [-0.39, 0.29) is 12.3 Å². The molecule has 0 aliphatic heterocycles. The van der Waals surface area contributed by atoms with Crippen LogP contribution in [0.25, 0.3) is 0 Å². The zero-order valence-corrected chi connectivity index (χ0v) is 15.6. The highest BCUT2D eigenvalue weighted by Gasteiger charge is 2.39. The lowest BCUT2D eigenvalue weighted by Crippen LogP contribution is -2.10. The van der Waals surface area contributed by atoms with Gasteiger partial charge in [0.1, 0.15) is 11.6 Å². The van der Waals surface area contributed by atoms with Crippen molar-refractivity contribution in [3.8, 4) is 5.75 Å². The molecule has 1 aromatic heterocycles. The zero-order chi connectivity index (χ0) is 19.1. The maximum Gasteiger partial charge on any atom is 0.303 e. The van der Waals surface area contributed by atoms with Crippen molar-refractivity contribution in [2.24, 2.45) is 5.92 Å². The summed E-state index contributed by atoms with van der Waals surface area (Å²) in [5, 5.41) is 12.1. The maximum atomic E-state index is 10.8. The molecule has 1 aliphatic rings. The first-order valence-corrected chi connectivity index (χ1v) is 9.29. The Labute approximate surface area is 159 Å². The highest BCUT2D eigenvalue weighted by Crippen LogP contribution is 2.49. The van der Waals surface area contributed by atoms with Crippen LogP contribution in [-0.2, 0) is 16.0 Å². The Bertz CT molecular complexity index is 748. The molecule has 27 heavy (non-hydrogen) atoms. The van der Waals surface area contributed by atoms with Gasteiger partial charge in [-0.15, -0.1) is 0 Å². The van der Waals surface area contributed by atoms with E-state index in [1.54, 1.807) is 7.11 Å². The van der Waals surface area contributed by atoms with Crippen LogP contribution in [0.5, 0.6) is 5.75 Å². The monoisotopic (exact) mass is 370 g/mol. The maximum absolute atomic E-state index is 10.8. The molecule has 1 fully saturated rings. The van der Waals surface area contributed by atoms with Crippen LogP contribution in [-0.4, -0.2) is 42.9 Å². The average Bonchev–Trinajstić information content (AvgIpc) is 3.41. The van der Waals surface area contributed by atoms with Crippen molar-refractivity contribution in [1.82, 2.24) is 4.98 Å². The highest BCUT2D eigenvalue weighted by molar-refractivity contribution is 5.67. The van der Waals surface area contributed by atoms with Gasteiger partial charge in [-0.1, -0.05) is 18.2 Å². The van der Waals surface area contributed by atoms with Crippen LogP contribution in [0.15, 0.2) is 42.5 Å². The molecule has 0 amide bonds. The van der Waals surface area contributed by atoms with E-state index in [1.165, 1.54) is 5.56 Å². The normalized spacial score (nSPS) is 18.1. The van der Waals surface area contributed by atoms with E-state index >= 15 is 0 Å². The first-order valence-electron chi connectivity index (χ1n) is 9.29. The molecule has 2 atom stereocenters. The molecule has 0 radical (unpaired) electrons. The molecule has 2 unspecified atom stereocenters. The molecular weight excluding hydrogens is 344 g/mol. The zero-order valence-electron chi connectivity index (χ0n) is 15.6. The van der Waals surface area contributed by atoms with E-state index in [0.717, 1.165) is 36.6 Å². The van der Waals surface area contributed by atoms with E-state index < -0.39 is 5.97 Å². The molecule has 0 saturated heterocycles. The Kier molecular flexibility index (Phi) is 6.65. The fourth-order valence-corrected chi connectivity index (χ4v) is 3.19. The Morgan fingerprint density at radius 1 is 1.22 bits per heavy atom. The molecule has 1 saturated carbocycles. The number of anilines is 1. The predicted octanol–water partition coefficient (Wildman–Crippen LogP) is 3.34. The summed E-state index contributed by atoms with van der Waals surface area (Å²) in [5.41, 5.74) is 2.17. The molecule has 0 spiro atoms. The van der Waals surface area contributed by atoms with Crippen LogP contribution in [0.3, 0.4) is 0 Å². The first kappa shape index (κ1) is 19.2. The number of carboxylic acid groups (broad SMARTS) is 1.